The van der Waals surface area contributed by atoms with E-state index in [2.05, 4.69) is 5.32 Å². The van der Waals surface area contributed by atoms with Gasteiger partial charge >= 0.3 is 0 Å². The van der Waals surface area contributed by atoms with E-state index in [1.807, 2.05) is 50.2 Å². The van der Waals surface area contributed by atoms with Gasteiger partial charge in [0.05, 0.1) is 0 Å². The summed E-state index contributed by atoms with van der Waals surface area (Å²) >= 11 is 0. The first kappa shape index (κ1) is 14.2. The van der Waals surface area contributed by atoms with E-state index in [-0.39, 0.29) is 12.6 Å². The van der Waals surface area contributed by atoms with Crippen LogP contribution in [-0.2, 0) is 0 Å². The minimum absolute atomic E-state index is 0.0312. The molecule has 0 unspecified atom stereocenters. The van der Waals surface area contributed by atoms with Crippen molar-refractivity contribution in [1.29, 1.82) is 0 Å². The fourth-order valence-corrected chi connectivity index (χ4v) is 2.19. The molecule has 1 aliphatic rings. The van der Waals surface area contributed by atoms with Crippen molar-refractivity contribution in [3.05, 3.63) is 65.4 Å². The second-order valence-corrected chi connectivity index (χ2v) is 5.21. The summed E-state index contributed by atoms with van der Waals surface area (Å²) < 4.78 is 10.6. The van der Waals surface area contributed by atoms with Gasteiger partial charge in [0.15, 0.2) is 17.3 Å². The van der Waals surface area contributed by atoms with Crippen molar-refractivity contribution in [1.82, 2.24) is 0 Å². The lowest BCUT2D eigenvalue weighted by molar-refractivity contribution is 0.104. The highest BCUT2D eigenvalue weighted by molar-refractivity contribution is 6.04. The molecule has 0 bridgehead atoms. The second kappa shape index (κ2) is 5.93. The normalized spacial score (nSPS) is 12.6. The van der Waals surface area contributed by atoms with Crippen LogP contribution in [0.3, 0.4) is 0 Å². The number of nitrogens with one attached hydrogen (secondary N) is 1. The maximum Gasteiger partial charge on any atom is 0.231 e. The zero-order chi connectivity index (χ0) is 15.5. The summed E-state index contributed by atoms with van der Waals surface area (Å²) in [5, 5.41) is 3.06. The van der Waals surface area contributed by atoms with Gasteiger partial charge in [-0.25, -0.2) is 0 Å². The van der Waals surface area contributed by atoms with Gasteiger partial charge in [0.25, 0.3) is 0 Å². The van der Waals surface area contributed by atoms with E-state index >= 15 is 0 Å². The molecular weight excluding hydrogens is 278 g/mol. The summed E-state index contributed by atoms with van der Waals surface area (Å²) in [5.41, 5.74) is 3.82. The number of carbonyl (C=O) groups is 1. The van der Waals surface area contributed by atoms with Crippen molar-refractivity contribution in [3.63, 3.8) is 0 Å². The predicted octanol–water partition coefficient (Wildman–Crippen LogP) is 3.84. The standard InChI is InChI=1S/C18H17NO3/c1-12-3-4-14(9-13(12)2)16(20)7-8-19-15-5-6-17-18(10-15)22-11-21-17/h3-10,19H,11H2,1-2H3. The molecule has 3 rings (SSSR count). The Bertz CT molecular complexity index is 750. The Labute approximate surface area is 129 Å². The first-order valence-electron chi connectivity index (χ1n) is 7.08. The Balaban J connectivity index is 1.66. The van der Waals surface area contributed by atoms with Crippen molar-refractivity contribution in [2.24, 2.45) is 0 Å². The number of fused-ring (bicyclic) bond motifs is 1. The highest BCUT2D eigenvalue weighted by atomic mass is 16.7. The Morgan fingerprint density at radius 1 is 1.05 bits per heavy atom. The quantitative estimate of drug-likeness (QED) is 0.687. The highest BCUT2D eigenvalue weighted by Crippen LogP contribution is 2.34. The SMILES string of the molecule is Cc1ccc(C(=O)C=CNc2ccc3c(c2)OCO3)cc1C. The highest BCUT2D eigenvalue weighted by Gasteiger charge is 2.12. The van der Waals surface area contributed by atoms with E-state index in [1.54, 1.807) is 6.20 Å². The summed E-state index contributed by atoms with van der Waals surface area (Å²) in [6, 6.07) is 11.3. The van der Waals surface area contributed by atoms with Crippen LogP contribution in [0, 0.1) is 13.8 Å². The molecular formula is C18H17NO3. The fraction of sp³-hybridized carbons (Fsp3) is 0.167. The van der Waals surface area contributed by atoms with Crippen molar-refractivity contribution in [2.75, 3.05) is 12.1 Å². The van der Waals surface area contributed by atoms with Crippen LogP contribution in [0.15, 0.2) is 48.7 Å². The smallest absolute Gasteiger partial charge is 0.231 e. The number of allylic oxidation sites excluding steroid dienone is 1. The Morgan fingerprint density at radius 3 is 2.68 bits per heavy atom. The summed E-state index contributed by atoms with van der Waals surface area (Å²) in [5.74, 6) is 1.41. The molecule has 0 atom stereocenters. The predicted molar refractivity (Wildman–Crippen MR) is 85.6 cm³/mol. The molecule has 0 saturated carbocycles. The van der Waals surface area contributed by atoms with Crippen LogP contribution in [-0.4, -0.2) is 12.6 Å². The zero-order valence-electron chi connectivity index (χ0n) is 12.6. The third-order valence-corrected chi connectivity index (χ3v) is 3.65. The molecule has 1 heterocycles. The fourth-order valence-electron chi connectivity index (χ4n) is 2.19. The molecule has 2 aromatic carbocycles. The van der Waals surface area contributed by atoms with Crippen LogP contribution in [0.4, 0.5) is 5.69 Å². The lowest BCUT2D eigenvalue weighted by Gasteiger charge is -2.03. The van der Waals surface area contributed by atoms with Gasteiger partial charge in [0.1, 0.15) is 0 Å². The van der Waals surface area contributed by atoms with E-state index in [0.717, 1.165) is 17.0 Å². The Morgan fingerprint density at radius 2 is 1.86 bits per heavy atom. The summed E-state index contributed by atoms with van der Waals surface area (Å²) in [6.07, 6.45) is 3.16. The van der Waals surface area contributed by atoms with Gasteiger partial charge < -0.3 is 14.8 Å². The number of ether oxygens (including phenoxy) is 2. The maximum atomic E-state index is 12.1. The number of hydrogen-bond acceptors (Lipinski definition) is 4. The molecule has 1 N–H and O–H groups in total. The van der Waals surface area contributed by atoms with E-state index in [9.17, 15) is 4.79 Å². The first-order valence-corrected chi connectivity index (χ1v) is 7.08. The van der Waals surface area contributed by atoms with Gasteiger partial charge in [-0.3, -0.25) is 4.79 Å². The molecule has 22 heavy (non-hydrogen) atoms. The van der Waals surface area contributed by atoms with Gasteiger partial charge in [0.2, 0.25) is 6.79 Å². The lowest BCUT2D eigenvalue weighted by Crippen LogP contribution is -1.97. The van der Waals surface area contributed by atoms with E-state index in [0.29, 0.717) is 11.3 Å². The molecule has 0 fully saturated rings. The Kier molecular flexibility index (Phi) is 3.83. The van der Waals surface area contributed by atoms with Crippen LogP contribution in [0.5, 0.6) is 11.5 Å². The number of aryl methyl sites for hydroxylation is 2. The maximum absolute atomic E-state index is 12.1. The topological polar surface area (TPSA) is 47.6 Å². The molecule has 4 nitrogen and oxygen atoms in total. The van der Waals surface area contributed by atoms with Crippen molar-refractivity contribution < 1.29 is 14.3 Å². The van der Waals surface area contributed by atoms with Gasteiger partial charge in [-0.1, -0.05) is 12.1 Å². The lowest BCUT2D eigenvalue weighted by atomic mass is 10.0. The molecule has 0 amide bonds. The summed E-state index contributed by atoms with van der Waals surface area (Å²) in [4.78, 5) is 12.1. The molecule has 0 radical (unpaired) electrons. The van der Waals surface area contributed by atoms with Crippen molar-refractivity contribution in [2.45, 2.75) is 13.8 Å². The monoisotopic (exact) mass is 295 g/mol. The van der Waals surface area contributed by atoms with Crippen LogP contribution >= 0.6 is 0 Å². The third kappa shape index (κ3) is 2.96. The van der Waals surface area contributed by atoms with Gasteiger partial charge in [0, 0.05) is 29.6 Å². The number of carbonyl (C=O) groups excluding carboxylic acids is 1. The number of benzene rings is 2. The van der Waals surface area contributed by atoms with E-state index in [1.165, 1.54) is 11.6 Å². The molecule has 112 valence electrons. The molecule has 0 aliphatic carbocycles. The van der Waals surface area contributed by atoms with Gasteiger partial charge in [-0.05, 0) is 43.2 Å². The molecule has 2 aromatic rings. The molecule has 0 spiro atoms. The zero-order valence-corrected chi connectivity index (χ0v) is 12.6. The molecule has 0 saturated heterocycles. The second-order valence-electron chi connectivity index (χ2n) is 5.21. The average Bonchev–Trinajstić information content (AvgIpc) is 2.97. The first-order chi connectivity index (χ1) is 10.6. The largest absolute Gasteiger partial charge is 0.454 e. The van der Waals surface area contributed by atoms with Gasteiger partial charge in [-0.15, -0.1) is 0 Å². The van der Waals surface area contributed by atoms with Crippen molar-refractivity contribution >= 4 is 11.5 Å². The Hall–Kier alpha value is -2.75. The average molecular weight is 295 g/mol. The van der Waals surface area contributed by atoms with Crippen LogP contribution in [0.25, 0.3) is 0 Å². The van der Waals surface area contributed by atoms with E-state index < -0.39 is 0 Å². The van der Waals surface area contributed by atoms with Gasteiger partial charge in [-0.2, -0.15) is 0 Å². The molecule has 1 aliphatic heterocycles. The van der Waals surface area contributed by atoms with Crippen LogP contribution in [0.2, 0.25) is 0 Å². The number of ketones is 1. The molecule has 0 aromatic heterocycles. The van der Waals surface area contributed by atoms with E-state index in [4.69, 9.17) is 9.47 Å². The van der Waals surface area contributed by atoms with Crippen LogP contribution in [0.1, 0.15) is 21.5 Å². The number of hydrogen-bond donors (Lipinski definition) is 1. The molecule has 4 heteroatoms. The third-order valence-electron chi connectivity index (χ3n) is 3.65. The minimum atomic E-state index is -0.0312. The van der Waals surface area contributed by atoms with Crippen molar-refractivity contribution in [3.8, 4) is 11.5 Å². The number of anilines is 1. The van der Waals surface area contributed by atoms with Crippen LogP contribution < -0.4 is 14.8 Å². The minimum Gasteiger partial charge on any atom is -0.454 e. The summed E-state index contributed by atoms with van der Waals surface area (Å²) in [7, 11) is 0. The summed E-state index contributed by atoms with van der Waals surface area (Å²) in [6.45, 7) is 4.28. The number of rotatable bonds is 4.